The molecule has 0 unspecified atom stereocenters. The lowest BCUT2D eigenvalue weighted by atomic mass is 10.1. The van der Waals surface area contributed by atoms with Crippen molar-refractivity contribution in [3.63, 3.8) is 0 Å². The molecule has 0 bridgehead atoms. The van der Waals surface area contributed by atoms with Gasteiger partial charge in [-0.2, -0.15) is 0 Å². The number of ether oxygens (including phenoxy) is 1. The van der Waals surface area contributed by atoms with Crippen LogP contribution in [0.25, 0.3) is 0 Å². The predicted octanol–water partition coefficient (Wildman–Crippen LogP) is 3.61. The Morgan fingerprint density at radius 2 is 1.90 bits per heavy atom. The molecular weight excluding hydrogens is 286 g/mol. The summed E-state index contributed by atoms with van der Waals surface area (Å²) in [6.45, 7) is 5.95. The SMILES string of the molecule is CC(=O)SC[C@H](CC(C)C)NC(=O)OCc1ccccc1. The number of benzene rings is 1. The largest absolute Gasteiger partial charge is 0.445 e. The number of carbonyl (C=O) groups excluding carboxylic acids is 2. The van der Waals surface area contributed by atoms with Crippen molar-refractivity contribution in [1.29, 1.82) is 0 Å². The van der Waals surface area contributed by atoms with Crippen molar-refractivity contribution >= 4 is 23.0 Å². The molecule has 0 aliphatic rings. The van der Waals surface area contributed by atoms with Crippen LogP contribution in [0.3, 0.4) is 0 Å². The third-order valence-electron chi connectivity index (χ3n) is 2.78. The first-order chi connectivity index (χ1) is 9.97. The van der Waals surface area contributed by atoms with Gasteiger partial charge in [0.1, 0.15) is 6.61 Å². The predicted molar refractivity (Wildman–Crippen MR) is 86.1 cm³/mol. The van der Waals surface area contributed by atoms with Crippen molar-refractivity contribution < 1.29 is 14.3 Å². The van der Waals surface area contributed by atoms with Gasteiger partial charge in [-0.3, -0.25) is 4.79 Å². The van der Waals surface area contributed by atoms with Crippen molar-refractivity contribution in [2.24, 2.45) is 5.92 Å². The summed E-state index contributed by atoms with van der Waals surface area (Å²) in [6, 6.07) is 9.49. The van der Waals surface area contributed by atoms with E-state index in [9.17, 15) is 9.59 Å². The zero-order chi connectivity index (χ0) is 15.7. The van der Waals surface area contributed by atoms with Crippen LogP contribution in [0.2, 0.25) is 0 Å². The fourth-order valence-electron chi connectivity index (χ4n) is 1.89. The molecule has 0 spiro atoms. The molecule has 1 rings (SSSR count). The van der Waals surface area contributed by atoms with Crippen LogP contribution in [0, 0.1) is 5.92 Å². The second-order valence-corrected chi connectivity index (χ2v) is 6.53. The second-order valence-electron chi connectivity index (χ2n) is 5.34. The molecule has 1 N–H and O–H groups in total. The molecule has 1 aromatic carbocycles. The van der Waals surface area contributed by atoms with Gasteiger partial charge in [-0.25, -0.2) is 4.79 Å². The van der Waals surface area contributed by atoms with Crippen LogP contribution in [-0.2, 0) is 16.1 Å². The van der Waals surface area contributed by atoms with Gasteiger partial charge in [0.05, 0.1) is 0 Å². The van der Waals surface area contributed by atoms with Gasteiger partial charge in [-0.15, -0.1) is 0 Å². The number of thioether (sulfide) groups is 1. The summed E-state index contributed by atoms with van der Waals surface area (Å²) < 4.78 is 5.20. The monoisotopic (exact) mass is 309 g/mol. The number of rotatable bonds is 7. The highest BCUT2D eigenvalue weighted by Gasteiger charge is 2.16. The van der Waals surface area contributed by atoms with Crippen LogP contribution in [0.4, 0.5) is 4.79 Å². The Balaban J connectivity index is 2.41. The fraction of sp³-hybridized carbons (Fsp3) is 0.500. The highest BCUT2D eigenvalue weighted by atomic mass is 32.2. The molecule has 0 radical (unpaired) electrons. The Hall–Kier alpha value is -1.49. The minimum atomic E-state index is -0.436. The third kappa shape index (κ3) is 8.40. The third-order valence-corrected chi connectivity index (χ3v) is 3.75. The van der Waals surface area contributed by atoms with E-state index in [0.717, 1.165) is 12.0 Å². The van der Waals surface area contributed by atoms with Crippen molar-refractivity contribution in [2.45, 2.75) is 39.8 Å². The van der Waals surface area contributed by atoms with E-state index in [-0.39, 0.29) is 17.8 Å². The van der Waals surface area contributed by atoms with Crippen LogP contribution >= 0.6 is 11.8 Å². The van der Waals surface area contributed by atoms with E-state index >= 15 is 0 Å². The molecule has 0 aliphatic carbocycles. The van der Waals surface area contributed by atoms with E-state index in [4.69, 9.17) is 4.74 Å². The maximum absolute atomic E-state index is 11.8. The van der Waals surface area contributed by atoms with Gasteiger partial charge >= 0.3 is 6.09 Å². The number of hydrogen-bond donors (Lipinski definition) is 1. The molecule has 0 aromatic heterocycles. The minimum Gasteiger partial charge on any atom is -0.445 e. The Kier molecular flexibility index (Phi) is 7.90. The lowest BCUT2D eigenvalue weighted by Gasteiger charge is -2.19. The Morgan fingerprint density at radius 1 is 1.24 bits per heavy atom. The molecule has 116 valence electrons. The van der Waals surface area contributed by atoms with Gasteiger partial charge < -0.3 is 10.1 Å². The maximum atomic E-state index is 11.8. The summed E-state index contributed by atoms with van der Waals surface area (Å²) in [7, 11) is 0. The average molecular weight is 309 g/mol. The first-order valence-corrected chi connectivity index (χ1v) is 8.06. The lowest BCUT2D eigenvalue weighted by Crippen LogP contribution is -2.38. The summed E-state index contributed by atoms with van der Waals surface area (Å²) >= 11 is 1.23. The van der Waals surface area contributed by atoms with Gasteiger partial charge in [-0.1, -0.05) is 55.9 Å². The smallest absolute Gasteiger partial charge is 0.407 e. The molecule has 0 fully saturated rings. The van der Waals surface area contributed by atoms with Crippen molar-refractivity contribution in [3.05, 3.63) is 35.9 Å². The Labute approximate surface area is 130 Å². The number of carbonyl (C=O) groups is 2. The molecular formula is C16H23NO3S. The van der Waals surface area contributed by atoms with Crippen molar-refractivity contribution in [3.8, 4) is 0 Å². The Bertz CT molecular complexity index is 448. The van der Waals surface area contributed by atoms with Crippen LogP contribution in [0.15, 0.2) is 30.3 Å². The van der Waals surface area contributed by atoms with Crippen LogP contribution in [-0.4, -0.2) is 23.0 Å². The maximum Gasteiger partial charge on any atom is 0.407 e. The lowest BCUT2D eigenvalue weighted by molar-refractivity contribution is -0.109. The van der Waals surface area contributed by atoms with E-state index < -0.39 is 6.09 Å². The molecule has 0 saturated heterocycles. The quantitative estimate of drug-likeness (QED) is 0.836. The van der Waals surface area contributed by atoms with Gasteiger partial charge in [0.25, 0.3) is 0 Å². The van der Waals surface area contributed by atoms with Crippen molar-refractivity contribution in [2.75, 3.05) is 5.75 Å². The van der Waals surface area contributed by atoms with E-state index in [2.05, 4.69) is 19.2 Å². The molecule has 1 aromatic rings. The zero-order valence-corrected chi connectivity index (χ0v) is 13.6. The highest BCUT2D eigenvalue weighted by Crippen LogP contribution is 2.12. The van der Waals surface area contributed by atoms with Gasteiger partial charge in [-0.05, 0) is 17.9 Å². The summed E-state index contributed by atoms with van der Waals surface area (Å²) in [4.78, 5) is 22.9. The summed E-state index contributed by atoms with van der Waals surface area (Å²) in [5.74, 6) is 1.02. The van der Waals surface area contributed by atoms with E-state index in [1.54, 1.807) is 0 Å². The van der Waals surface area contributed by atoms with E-state index in [1.807, 2.05) is 30.3 Å². The number of nitrogens with one attached hydrogen (secondary N) is 1. The van der Waals surface area contributed by atoms with Crippen LogP contribution < -0.4 is 5.32 Å². The molecule has 21 heavy (non-hydrogen) atoms. The molecule has 4 nitrogen and oxygen atoms in total. The van der Waals surface area contributed by atoms with Gasteiger partial charge in [0.2, 0.25) is 0 Å². The minimum absolute atomic E-state index is 0.0535. The molecule has 5 heteroatoms. The van der Waals surface area contributed by atoms with E-state index in [0.29, 0.717) is 11.7 Å². The first-order valence-electron chi connectivity index (χ1n) is 7.08. The molecule has 0 saturated carbocycles. The number of alkyl carbamates (subject to hydrolysis) is 1. The van der Waals surface area contributed by atoms with E-state index in [1.165, 1.54) is 18.7 Å². The summed E-state index contributed by atoms with van der Waals surface area (Å²) in [6.07, 6.45) is 0.384. The molecule has 0 aliphatic heterocycles. The molecule has 0 heterocycles. The second kappa shape index (κ2) is 9.45. The van der Waals surface area contributed by atoms with Crippen LogP contribution in [0.1, 0.15) is 32.8 Å². The summed E-state index contributed by atoms with van der Waals surface area (Å²) in [5, 5.41) is 2.90. The fourth-order valence-corrected chi connectivity index (χ4v) is 2.54. The molecule has 1 amide bonds. The zero-order valence-electron chi connectivity index (χ0n) is 12.8. The topological polar surface area (TPSA) is 55.4 Å². The Morgan fingerprint density at radius 3 is 2.48 bits per heavy atom. The van der Waals surface area contributed by atoms with Crippen LogP contribution in [0.5, 0.6) is 0 Å². The number of hydrogen-bond acceptors (Lipinski definition) is 4. The normalized spacial score (nSPS) is 12.0. The first kappa shape index (κ1) is 17.6. The van der Waals surface area contributed by atoms with Gasteiger partial charge in [0, 0.05) is 18.7 Å². The summed E-state index contributed by atoms with van der Waals surface area (Å²) in [5.41, 5.74) is 0.950. The average Bonchev–Trinajstić information content (AvgIpc) is 2.43. The standard InChI is InChI=1S/C16H23NO3S/c1-12(2)9-15(11-21-13(3)18)17-16(19)20-10-14-7-5-4-6-8-14/h4-8,12,15H,9-11H2,1-3H3,(H,17,19)/t15-/m0/s1. The van der Waals surface area contributed by atoms with Crippen molar-refractivity contribution in [1.82, 2.24) is 5.32 Å². The number of amides is 1. The van der Waals surface area contributed by atoms with Gasteiger partial charge in [0.15, 0.2) is 5.12 Å². The highest BCUT2D eigenvalue weighted by molar-refractivity contribution is 8.13. The molecule has 1 atom stereocenters.